The van der Waals surface area contributed by atoms with Gasteiger partial charge in [0, 0.05) is 24.2 Å². The van der Waals surface area contributed by atoms with Crippen LogP contribution in [0.2, 0.25) is 0 Å². The molecule has 2 aromatic carbocycles. The monoisotopic (exact) mass is 377 g/mol. The molecule has 5 rings (SSSR count). The normalized spacial score (nSPS) is 18.1. The molecule has 7 heteroatoms. The van der Waals surface area contributed by atoms with Crippen molar-refractivity contribution >= 4 is 11.6 Å². The van der Waals surface area contributed by atoms with E-state index in [9.17, 15) is 4.79 Å². The smallest absolute Gasteiger partial charge is 0.232 e. The first-order valence-corrected chi connectivity index (χ1v) is 9.19. The Bertz CT molecular complexity index is 1060. The Hall–Kier alpha value is -3.35. The summed E-state index contributed by atoms with van der Waals surface area (Å²) in [5.41, 5.74) is 3.97. The van der Waals surface area contributed by atoms with Crippen LogP contribution in [0.1, 0.15) is 29.4 Å². The second-order valence-corrected chi connectivity index (χ2v) is 7.28. The number of hydrogen-bond donors (Lipinski definition) is 0. The zero-order chi connectivity index (χ0) is 19.3. The third-order valence-electron chi connectivity index (χ3n) is 5.06. The summed E-state index contributed by atoms with van der Waals surface area (Å²) in [5.74, 6) is 2.28. The zero-order valence-electron chi connectivity index (χ0n) is 15.6. The minimum atomic E-state index is -0.122. The molecule has 0 bridgehead atoms. The fraction of sp³-hybridized carbons (Fsp3) is 0.286. The van der Waals surface area contributed by atoms with Crippen molar-refractivity contribution in [2.75, 3.05) is 18.2 Å². The quantitative estimate of drug-likeness (QED) is 0.694. The van der Waals surface area contributed by atoms with Crippen molar-refractivity contribution in [1.82, 2.24) is 10.1 Å². The van der Waals surface area contributed by atoms with Crippen LogP contribution in [0, 0.1) is 13.8 Å². The SMILES string of the molecule is Cc1cc(C)cc(N2C[C@@H](c3nc(-c4ccc5c(c4)OCO5)no3)CC2=O)c1. The lowest BCUT2D eigenvalue weighted by molar-refractivity contribution is -0.117. The highest BCUT2D eigenvalue weighted by Crippen LogP contribution is 2.36. The van der Waals surface area contributed by atoms with Gasteiger partial charge >= 0.3 is 0 Å². The van der Waals surface area contributed by atoms with Crippen molar-refractivity contribution in [2.24, 2.45) is 0 Å². The first-order chi connectivity index (χ1) is 13.6. The number of ether oxygens (including phenoxy) is 2. The molecule has 0 unspecified atom stereocenters. The lowest BCUT2D eigenvalue weighted by atomic mass is 10.1. The average molecular weight is 377 g/mol. The summed E-state index contributed by atoms with van der Waals surface area (Å²) < 4.78 is 16.2. The van der Waals surface area contributed by atoms with Crippen LogP contribution in [-0.2, 0) is 4.79 Å². The van der Waals surface area contributed by atoms with E-state index in [4.69, 9.17) is 14.0 Å². The van der Waals surface area contributed by atoms with E-state index in [0.717, 1.165) is 22.4 Å². The lowest BCUT2D eigenvalue weighted by Crippen LogP contribution is -2.24. The van der Waals surface area contributed by atoms with Gasteiger partial charge in [-0.15, -0.1) is 0 Å². The van der Waals surface area contributed by atoms with Gasteiger partial charge in [-0.3, -0.25) is 4.79 Å². The molecule has 2 aliphatic rings. The van der Waals surface area contributed by atoms with E-state index in [0.29, 0.717) is 36.2 Å². The van der Waals surface area contributed by atoms with Crippen LogP contribution in [0.5, 0.6) is 11.5 Å². The Morgan fingerprint density at radius 1 is 1.04 bits per heavy atom. The Labute approximate surface area is 161 Å². The molecule has 1 aromatic heterocycles. The van der Waals surface area contributed by atoms with E-state index in [2.05, 4.69) is 16.2 Å². The first kappa shape index (κ1) is 16.8. The van der Waals surface area contributed by atoms with Crippen molar-refractivity contribution in [3.05, 3.63) is 53.4 Å². The van der Waals surface area contributed by atoms with E-state index in [1.165, 1.54) is 0 Å². The van der Waals surface area contributed by atoms with Crippen molar-refractivity contribution in [3.63, 3.8) is 0 Å². The Balaban J connectivity index is 1.38. The van der Waals surface area contributed by atoms with Crippen molar-refractivity contribution in [2.45, 2.75) is 26.2 Å². The third-order valence-corrected chi connectivity index (χ3v) is 5.06. The number of hydrogen-bond acceptors (Lipinski definition) is 6. The molecule has 1 fully saturated rings. The van der Waals surface area contributed by atoms with Crippen LogP contribution in [-0.4, -0.2) is 29.4 Å². The molecule has 7 nitrogen and oxygen atoms in total. The Morgan fingerprint density at radius 2 is 1.82 bits per heavy atom. The largest absolute Gasteiger partial charge is 0.454 e. The molecular weight excluding hydrogens is 358 g/mol. The van der Waals surface area contributed by atoms with E-state index in [1.807, 2.05) is 44.2 Å². The van der Waals surface area contributed by atoms with Crippen molar-refractivity contribution < 1.29 is 18.8 Å². The number of aromatic nitrogens is 2. The van der Waals surface area contributed by atoms with E-state index >= 15 is 0 Å². The van der Waals surface area contributed by atoms with Crippen LogP contribution in [0.4, 0.5) is 5.69 Å². The van der Waals surface area contributed by atoms with Gasteiger partial charge in [-0.2, -0.15) is 4.98 Å². The number of amides is 1. The maximum atomic E-state index is 12.6. The Morgan fingerprint density at radius 3 is 2.64 bits per heavy atom. The highest BCUT2D eigenvalue weighted by Gasteiger charge is 2.35. The van der Waals surface area contributed by atoms with Gasteiger partial charge in [0.15, 0.2) is 11.5 Å². The summed E-state index contributed by atoms with van der Waals surface area (Å²) in [7, 11) is 0. The van der Waals surface area contributed by atoms with Gasteiger partial charge in [0.05, 0.1) is 5.92 Å². The standard InChI is InChI=1S/C21H19N3O4/c1-12-5-13(2)7-16(6-12)24-10-15(9-19(24)25)21-22-20(23-28-21)14-3-4-17-18(8-14)27-11-26-17/h3-8,15H,9-11H2,1-2H3/t15-/m0/s1. The van der Waals surface area contributed by atoms with Gasteiger partial charge in [0.25, 0.3) is 0 Å². The number of fused-ring (bicyclic) bond motifs is 1. The number of anilines is 1. The molecule has 1 atom stereocenters. The van der Waals surface area contributed by atoms with Crippen LogP contribution in [0.25, 0.3) is 11.4 Å². The second-order valence-electron chi connectivity index (χ2n) is 7.28. The van der Waals surface area contributed by atoms with E-state index in [1.54, 1.807) is 4.90 Å². The van der Waals surface area contributed by atoms with Gasteiger partial charge in [0.1, 0.15) is 0 Å². The molecule has 142 valence electrons. The third kappa shape index (κ3) is 2.89. The van der Waals surface area contributed by atoms with Gasteiger partial charge in [-0.1, -0.05) is 11.2 Å². The highest BCUT2D eigenvalue weighted by molar-refractivity contribution is 5.96. The molecule has 0 saturated carbocycles. The lowest BCUT2D eigenvalue weighted by Gasteiger charge is -2.17. The number of benzene rings is 2. The van der Waals surface area contributed by atoms with Gasteiger partial charge in [-0.25, -0.2) is 0 Å². The number of aryl methyl sites for hydroxylation is 2. The fourth-order valence-electron chi connectivity index (χ4n) is 3.78. The molecule has 1 amide bonds. The van der Waals surface area contributed by atoms with Gasteiger partial charge in [-0.05, 0) is 55.3 Å². The highest BCUT2D eigenvalue weighted by atomic mass is 16.7. The molecule has 0 aliphatic carbocycles. The van der Waals surface area contributed by atoms with Crippen LogP contribution >= 0.6 is 0 Å². The van der Waals surface area contributed by atoms with Crippen LogP contribution < -0.4 is 14.4 Å². The topological polar surface area (TPSA) is 77.7 Å². The number of carbonyl (C=O) groups is 1. The number of carbonyl (C=O) groups excluding carboxylic acids is 1. The summed E-state index contributed by atoms with van der Waals surface area (Å²) in [6.07, 6.45) is 0.357. The van der Waals surface area contributed by atoms with Crippen LogP contribution in [0.15, 0.2) is 40.9 Å². The van der Waals surface area contributed by atoms with Gasteiger partial charge < -0.3 is 18.9 Å². The molecule has 1 saturated heterocycles. The number of rotatable bonds is 3. The summed E-state index contributed by atoms with van der Waals surface area (Å²) in [6.45, 7) is 4.81. The van der Waals surface area contributed by atoms with Crippen molar-refractivity contribution in [1.29, 1.82) is 0 Å². The average Bonchev–Trinajstić information content (AvgIpc) is 3.39. The predicted octanol–water partition coefficient (Wildman–Crippen LogP) is 3.60. The predicted molar refractivity (Wildman–Crippen MR) is 101 cm³/mol. The molecule has 0 N–H and O–H groups in total. The minimum Gasteiger partial charge on any atom is -0.454 e. The summed E-state index contributed by atoms with van der Waals surface area (Å²) >= 11 is 0. The molecule has 2 aliphatic heterocycles. The summed E-state index contributed by atoms with van der Waals surface area (Å²) in [6, 6.07) is 11.7. The summed E-state index contributed by atoms with van der Waals surface area (Å²) in [4.78, 5) is 18.9. The van der Waals surface area contributed by atoms with Crippen LogP contribution in [0.3, 0.4) is 0 Å². The molecule has 0 radical (unpaired) electrons. The fourth-order valence-corrected chi connectivity index (χ4v) is 3.78. The molecule has 3 heterocycles. The molecular formula is C21H19N3O4. The second kappa shape index (κ2) is 6.37. The van der Waals surface area contributed by atoms with E-state index < -0.39 is 0 Å². The maximum absolute atomic E-state index is 12.6. The zero-order valence-corrected chi connectivity index (χ0v) is 15.6. The van der Waals surface area contributed by atoms with E-state index in [-0.39, 0.29) is 18.6 Å². The first-order valence-electron chi connectivity index (χ1n) is 9.19. The molecule has 3 aromatic rings. The Kier molecular flexibility index (Phi) is 3.82. The minimum absolute atomic E-state index is 0.0674. The summed E-state index contributed by atoms with van der Waals surface area (Å²) in [5, 5.41) is 4.10. The maximum Gasteiger partial charge on any atom is 0.232 e. The van der Waals surface area contributed by atoms with Gasteiger partial charge in [0.2, 0.25) is 24.4 Å². The number of nitrogens with zero attached hydrogens (tertiary/aromatic N) is 3. The van der Waals surface area contributed by atoms with Crippen molar-refractivity contribution in [3.8, 4) is 22.9 Å². The molecule has 0 spiro atoms. The molecule has 28 heavy (non-hydrogen) atoms.